The third-order valence-electron chi connectivity index (χ3n) is 7.28. The summed E-state index contributed by atoms with van der Waals surface area (Å²) >= 11 is 1.39. The van der Waals surface area contributed by atoms with Crippen molar-refractivity contribution in [1.29, 1.82) is 0 Å². The first-order valence-corrected chi connectivity index (χ1v) is 14.6. The van der Waals surface area contributed by atoms with Gasteiger partial charge in [0.25, 0.3) is 15.9 Å². The van der Waals surface area contributed by atoms with E-state index in [-0.39, 0.29) is 41.6 Å². The molecule has 2 aromatic heterocycles. The van der Waals surface area contributed by atoms with Crippen LogP contribution in [0.2, 0.25) is 0 Å². The number of alkyl halides is 2. The largest absolute Gasteiger partial charge is 0.487 e. The van der Waals surface area contributed by atoms with Crippen molar-refractivity contribution in [2.45, 2.75) is 56.1 Å². The molecule has 1 N–H and O–H groups in total. The van der Waals surface area contributed by atoms with E-state index in [0.29, 0.717) is 22.3 Å². The second kappa shape index (κ2) is 8.88. The van der Waals surface area contributed by atoms with Crippen molar-refractivity contribution >= 4 is 38.2 Å². The molecule has 4 aromatic rings. The van der Waals surface area contributed by atoms with Crippen LogP contribution in [0.5, 0.6) is 5.75 Å². The third kappa shape index (κ3) is 4.47. The van der Waals surface area contributed by atoms with E-state index in [9.17, 15) is 22.0 Å². The molecular formula is C27H25F2N3O4S2. The predicted molar refractivity (Wildman–Crippen MR) is 139 cm³/mol. The highest BCUT2D eigenvalue weighted by molar-refractivity contribution is 7.90. The lowest BCUT2D eigenvalue weighted by Crippen LogP contribution is -2.31. The lowest BCUT2D eigenvalue weighted by molar-refractivity contribution is -0.125. The van der Waals surface area contributed by atoms with Crippen molar-refractivity contribution < 1.29 is 26.7 Å². The first-order valence-electron chi connectivity index (χ1n) is 12.2. The summed E-state index contributed by atoms with van der Waals surface area (Å²) in [5.74, 6) is -3.81. The Morgan fingerprint density at radius 2 is 1.95 bits per heavy atom. The predicted octanol–water partition coefficient (Wildman–Crippen LogP) is 5.45. The van der Waals surface area contributed by atoms with Crippen molar-refractivity contribution in [3.05, 3.63) is 76.4 Å². The molecule has 0 bridgehead atoms. The number of carbonyl (C=O) groups is 1. The molecule has 2 saturated carbocycles. The van der Waals surface area contributed by atoms with E-state index in [2.05, 4.69) is 10.3 Å². The fourth-order valence-electron chi connectivity index (χ4n) is 4.60. The van der Waals surface area contributed by atoms with Gasteiger partial charge in [-0.3, -0.25) is 4.79 Å². The van der Waals surface area contributed by atoms with Crippen LogP contribution in [0.4, 0.5) is 8.78 Å². The molecule has 11 heteroatoms. The minimum Gasteiger partial charge on any atom is -0.487 e. The number of thiazole rings is 1. The van der Waals surface area contributed by atoms with Crippen LogP contribution in [-0.4, -0.2) is 29.2 Å². The summed E-state index contributed by atoms with van der Waals surface area (Å²) < 4.78 is 63.2. The molecule has 1 atom stereocenters. The monoisotopic (exact) mass is 557 g/mol. The van der Waals surface area contributed by atoms with Crippen molar-refractivity contribution in [3.8, 4) is 5.75 Å². The zero-order chi connectivity index (χ0) is 26.7. The summed E-state index contributed by atoms with van der Waals surface area (Å²) in [7, 11) is -4.08. The van der Waals surface area contributed by atoms with Gasteiger partial charge in [-0.1, -0.05) is 25.1 Å². The first kappa shape index (κ1) is 25.0. The Labute approximate surface area is 222 Å². The second-order valence-electron chi connectivity index (χ2n) is 10.2. The molecule has 2 aliphatic rings. The average molecular weight is 558 g/mol. The van der Waals surface area contributed by atoms with E-state index in [1.165, 1.54) is 33.5 Å². The minimum atomic E-state index is -4.08. The topological polar surface area (TPSA) is 90.3 Å². The van der Waals surface area contributed by atoms with Crippen molar-refractivity contribution in [2.75, 3.05) is 0 Å². The maximum atomic E-state index is 14.2. The van der Waals surface area contributed by atoms with Gasteiger partial charge in [-0.2, -0.15) is 0 Å². The molecule has 0 aliphatic heterocycles. The lowest BCUT2D eigenvalue weighted by atomic mass is 10.1. The molecule has 0 saturated heterocycles. The summed E-state index contributed by atoms with van der Waals surface area (Å²) in [5.41, 5.74) is 2.80. The normalized spacial score (nSPS) is 19.3. The summed E-state index contributed by atoms with van der Waals surface area (Å²) in [6, 6.07) is 12.7. The van der Waals surface area contributed by atoms with Gasteiger partial charge in [0.2, 0.25) is 5.91 Å². The van der Waals surface area contributed by atoms with Crippen molar-refractivity contribution in [1.82, 2.24) is 14.3 Å². The van der Waals surface area contributed by atoms with Gasteiger partial charge in [-0.15, -0.1) is 11.3 Å². The van der Waals surface area contributed by atoms with Crippen LogP contribution in [0.3, 0.4) is 0 Å². The van der Waals surface area contributed by atoms with Gasteiger partial charge in [0.15, 0.2) is 0 Å². The number of nitrogens with zero attached hydrogens (tertiary/aromatic N) is 2. The van der Waals surface area contributed by atoms with E-state index >= 15 is 0 Å². The number of hydrogen-bond donors (Lipinski definition) is 1. The van der Waals surface area contributed by atoms with E-state index in [4.69, 9.17) is 4.74 Å². The number of nitrogens with one attached hydrogen (secondary N) is 1. The van der Waals surface area contributed by atoms with Crippen molar-refractivity contribution in [2.24, 2.45) is 5.41 Å². The van der Waals surface area contributed by atoms with Gasteiger partial charge < -0.3 is 10.1 Å². The molecule has 2 fully saturated rings. The van der Waals surface area contributed by atoms with E-state index in [1.54, 1.807) is 41.2 Å². The fraction of sp³-hybridized carbons (Fsp3) is 0.333. The number of hydrogen-bond acceptors (Lipinski definition) is 6. The third-order valence-corrected chi connectivity index (χ3v) is 9.70. The molecule has 2 aromatic carbocycles. The molecule has 1 amide bonds. The number of benzene rings is 2. The molecule has 2 heterocycles. The van der Waals surface area contributed by atoms with Gasteiger partial charge in [0, 0.05) is 34.2 Å². The Kier molecular flexibility index (Phi) is 5.84. The zero-order valence-electron chi connectivity index (χ0n) is 20.5. The smallest absolute Gasteiger partial charge is 0.268 e. The molecule has 38 heavy (non-hydrogen) atoms. The molecule has 0 radical (unpaired) electrons. The Balaban J connectivity index is 1.47. The number of carbonyl (C=O) groups excluding carboxylic acids is 1. The SMILES string of the molecule is CC1(C(=O)NCc2cc3cc(C4CC4(F)F)c(OCc4cscn4)cc3n2S(=O)(=O)c2ccccc2)CC1. The van der Waals surface area contributed by atoms with Crippen LogP contribution in [-0.2, 0) is 28.0 Å². The molecule has 6 rings (SSSR count). The highest BCUT2D eigenvalue weighted by atomic mass is 32.2. The molecule has 2 aliphatic carbocycles. The highest BCUT2D eigenvalue weighted by Crippen LogP contribution is 2.58. The molecule has 7 nitrogen and oxygen atoms in total. The standard InChI is InChI=1S/C27H25F2N3O4S2/c1-26(7-8-26)25(33)30-13-19-9-17-10-21(22-12-27(22,28)29)24(36-14-18-15-37-16-31-18)11-23(17)32(19)38(34,35)20-5-3-2-4-6-20/h2-6,9-11,15-16,22H,7-8,12-14H2,1H3,(H,30,33). The summed E-state index contributed by atoms with van der Waals surface area (Å²) in [5, 5.41) is 5.14. The van der Waals surface area contributed by atoms with E-state index < -0.39 is 27.3 Å². The summed E-state index contributed by atoms with van der Waals surface area (Å²) in [6.45, 7) is 1.90. The van der Waals surface area contributed by atoms with Gasteiger partial charge in [0.05, 0.1) is 39.8 Å². The quantitative estimate of drug-likeness (QED) is 0.296. The van der Waals surface area contributed by atoms with Crippen LogP contribution in [0.15, 0.2) is 64.3 Å². The van der Waals surface area contributed by atoms with Crippen LogP contribution in [0.1, 0.15) is 49.1 Å². The molecule has 0 spiro atoms. The van der Waals surface area contributed by atoms with E-state index in [1.807, 2.05) is 6.92 Å². The molecule has 198 valence electrons. The number of ether oxygens (including phenoxy) is 1. The Morgan fingerprint density at radius 1 is 1.21 bits per heavy atom. The Hall–Kier alpha value is -3.31. The maximum absolute atomic E-state index is 14.2. The van der Waals surface area contributed by atoms with Crippen molar-refractivity contribution in [3.63, 3.8) is 0 Å². The zero-order valence-corrected chi connectivity index (χ0v) is 22.1. The van der Waals surface area contributed by atoms with Gasteiger partial charge in [-0.25, -0.2) is 26.2 Å². The maximum Gasteiger partial charge on any atom is 0.268 e. The Bertz CT molecular complexity index is 1630. The first-order chi connectivity index (χ1) is 18.1. The average Bonchev–Trinajstić information content (AvgIpc) is 3.62. The van der Waals surface area contributed by atoms with Crippen LogP contribution < -0.4 is 10.1 Å². The number of amides is 1. The number of halogens is 2. The van der Waals surface area contributed by atoms with E-state index in [0.717, 1.165) is 12.8 Å². The second-order valence-corrected chi connectivity index (χ2v) is 12.7. The van der Waals surface area contributed by atoms with Crippen LogP contribution in [0, 0.1) is 5.41 Å². The lowest BCUT2D eigenvalue weighted by Gasteiger charge is -2.15. The van der Waals surface area contributed by atoms with Gasteiger partial charge in [-0.05, 0) is 37.1 Å². The summed E-state index contributed by atoms with van der Waals surface area (Å²) in [4.78, 5) is 16.9. The minimum absolute atomic E-state index is 0.0287. The van der Waals surface area contributed by atoms with Gasteiger partial charge in [0.1, 0.15) is 12.4 Å². The Morgan fingerprint density at radius 3 is 2.58 bits per heavy atom. The fourth-order valence-corrected chi connectivity index (χ4v) is 6.70. The number of fused-ring (bicyclic) bond motifs is 1. The van der Waals surface area contributed by atoms with Gasteiger partial charge >= 0.3 is 0 Å². The van der Waals surface area contributed by atoms with Crippen LogP contribution >= 0.6 is 11.3 Å². The van der Waals surface area contributed by atoms with Crippen LogP contribution in [0.25, 0.3) is 10.9 Å². The summed E-state index contributed by atoms with van der Waals surface area (Å²) in [6.07, 6.45) is 1.27. The number of rotatable bonds is 9. The molecular weight excluding hydrogens is 532 g/mol. The molecule has 1 unspecified atom stereocenters. The highest BCUT2D eigenvalue weighted by Gasteiger charge is 2.58. The number of aromatic nitrogens is 2.